The van der Waals surface area contributed by atoms with Crippen LogP contribution in [0.25, 0.3) is 0 Å². The van der Waals surface area contributed by atoms with Gasteiger partial charge in [0, 0.05) is 44.8 Å². The van der Waals surface area contributed by atoms with Gasteiger partial charge in [0.05, 0.1) is 4.92 Å². The maximum Gasteiger partial charge on any atom is 0.292 e. The summed E-state index contributed by atoms with van der Waals surface area (Å²) in [6.45, 7) is 8.82. The molecule has 6 heteroatoms. The predicted molar refractivity (Wildman–Crippen MR) is 84.6 cm³/mol. The van der Waals surface area contributed by atoms with E-state index in [2.05, 4.69) is 29.1 Å². The van der Waals surface area contributed by atoms with Gasteiger partial charge in [0.2, 0.25) is 0 Å². The zero-order valence-corrected chi connectivity index (χ0v) is 13.0. The van der Waals surface area contributed by atoms with Crippen molar-refractivity contribution in [1.29, 1.82) is 0 Å². The van der Waals surface area contributed by atoms with Gasteiger partial charge in [0.1, 0.15) is 5.69 Å². The molecule has 0 bridgehead atoms. The molecule has 1 aromatic rings. The quantitative estimate of drug-likeness (QED) is 0.665. The Bertz CT molecular complexity index is 506. The number of nitro groups is 1. The van der Waals surface area contributed by atoms with Crippen LogP contribution < -0.4 is 5.32 Å². The molecule has 1 N–H and O–H groups in total. The molecule has 1 unspecified atom stereocenters. The van der Waals surface area contributed by atoms with Gasteiger partial charge in [0.15, 0.2) is 0 Å². The Kier molecular flexibility index (Phi) is 5.14. The summed E-state index contributed by atoms with van der Waals surface area (Å²) in [6.07, 6.45) is 0. The van der Waals surface area contributed by atoms with Crippen LogP contribution in [0.4, 0.5) is 11.4 Å². The number of anilines is 1. The molecular formula is C15H24N4O2. The van der Waals surface area contributed by atoms with Crippen LogP contribution in [-0.2, 0) is 6.54 Å². The van der Waals surface area contributed by atoms with Crippen molar-refractivity contribution < 1.29 is 4.92 Å². The summed E-state index contributed by atoms with van der Waals surface area (Å²) in [4.78, 5) is 15.5. The van der Waals surface area contributed by atoms with E-state index in [-0.39, 0.29) is 10.6 Å². The number of hydrogen-bond donors (Lipinski definition) is 1. The summed E-state index contributed by atoms with van der Waals surface area (Å²) < 4.78 is 0. The van der Waals surface area contributed by atoms with Gasteiger partial charge in [-0.2, -0.15) is 0 Å². The maximum atomic E-state index is 11.0. The first kappa shape index (κ1) is 15.7. The van der Waals surface area contributed by atoms with E-state index in [0.29, 0.717) is 18.3 Å². The Labute approximate surface area is 125 Å². The van der Waals surface area contributed by atoms with Crippen molar-refractivity contribution in [3.63, 3.8) is 0 Å². The maximum absolute atomic E-state index is 11.0. The zero-order valence-electron chi connectivity index (χ0n) is 13.0. The van der Waals surface area contributed by atoms with Gasteiger partial charge in [0.25, 0.3) is 5.69 Å². The molecule has 0 radical (unpaired) electrons. The minimum Gasteiger partial charge on any atom is -0.380 e. The van der Waals surface area contributed by atoms with E-state index in [4.69, 9.17) is 0 Å². The number of rotatable bonds is 5. The van der Waals surface area contributed by atoms with Crippen molar-refractivity contribution in [3.05, 3.63) is 33.9 Å². The Morgan fingerprint density at radius 3 is 2.81 bits per heavy atom. The first-order chi connectivity index (χ1) is 10.0. The molecule has 6 nitrogen and oxygen atoms in total. The molecule has 1 aliphatic heterocycles. The number of likely N-dealkylation sites (N-methyl/N-ethyl adjacent to an activating group) is 1. The van der Waals surface area contributed by atoms with Gasteiger partial charge >= 0.3 is 0 Å². The van der Waals surface area contributed by atoms with Gasteiger partial charge in [-0.15, -0.1) is 0 Å². The topological polar surface area (TPSA) is 61.6 Å². The van der Waals surface area contributed by atoms with Crippen LogP contribution in [-0.4, -0.2) is 54.0 Å². The number of nitro benzene ring substituents is 1. The van der Waals surface area contributed by atoms with Gasteiger partial charge in [-0.25, -0.2) is 0 Å². The molecule has 1 fully saturated rings. The van der Waals surface area contributed by atoms with Crippen LogP contribution in [0.15, 0.2) is 18.2 Å². The molecule has 0 spiro atoms. The van der Waals surface area contributed by atoms with E-state index in [9.17, 15) is 10.1 Å². The molecule has 1 aromatic carbocycles. The fourth-order valence-corrected chi connectivity index (χ4v) is 2.70. The highest BCUT2D eigenvalue weighted by atomic mass is 16.6. The number of piperazine rings is 1. The van der Waals surface area contributed by atoms with Crippen LogP contribution in [0.1, 0.15) is 19.4 Å². The third kappa shape index (κ3) is 3.92. The Morgan fingerprint density at radius 2 is 2.19 bits per heavy atom. The third-order valence-electron chi connectivity index (χ3n) is 4.07. The molecule has 116 valence electrons. The molecule has 0 aliphatic carbocycles. The zero-order chi connectivity index (χ0) is 15.4. The highest BCUT2D eigenvalue weighted by Crippen LogP contribution is 2.26. The van der Waals surface area contributed by atoms with Gasteiger partial charge < -0.3 is 10.2 Å². The third-order valence-corrected chi connectivity index (χ3v) is 4.07. The molecule has 21 heavy (non-hydrogen) atoms. The van der Waals surface area contributed by atoms with Gasteiger partial charge in [-0.1, -0.05) is 6.07 Å². The van der Waals surface area contributed by atoms with Crippen LogP contribution in [0.3, 0.4) is 0 Å². The Balaban J connectivity index is 2.10. The number of benzene rings is 1. The van der Waals surface area contributed by atoms with E-state index in [0.717, 1.165) is 31.7 Å². The standard InChI is InChI=1S/C15H24N4O2/c1-4-16-14-9-13(5-6-15(14)19(20)21)11-18-8-7-17(3)12(2)10-18/h5-6,9,12,16H,4,7-8,10-11H2,1-3H3. The predicted octanol–water partition coefficient (Wildman–Crippen LogP) is 2.16. The highest BCUT2D eigenvalue weighted by Gasteiger charge is 2.21. The van der Waals surface area contributed by atoms with E-state index in [1.165, 1.54) is 0 Å². The average molecular weight is 292 g/mol. The van der Waals surface area contributed by atoms with Crippen molar-refractivity contribution in [3.8, 4) is 0 Å². The number of nitrogens with one attached hydrogen (secondary N) is 1. The normalized spacial score (nSPS) is 20.4. The Hall–Kier alpha value is -1.66. The lowest BCUT2D eigenvalue weighted by Crippen LogP contribution is -2.49. The van der Waals surface area contributed by atoms with Gasteiger partial charge in [-0.05, 0) is 32.5 Å². The molecule has 0 aromatic heterocycles. The second-order valence-corrected chi connectivity index (χ2v) is 5.70. The average Bonchev–Trinajstić information content (AvgIpc) is 2.43. The summed E-state index contributed by atoms with van der Waals surface area (Å²) in [7, 11) is 2.15. The lowest BCUT2D eigenvalue weighted by Gasteiger charge is -2.37. The lowest BCUT2D eigenvalue weighted by molar-refractivity contribution is -0.384. The van der Waals surface area contributed by atoms with Crippen molar-refractivity contribution in [2.75, 3.05) is 38.5 Å². The highest BCUT2D eigenvalue weighted by molar-refractivity contribution is 5.62. The molecule has 0 saturated carbocycles. The van der Waals surface area contributed by atoms with Crippen LogP contribution in [0.5, 0.6) is 0 Å². The summed E-state index contributed by atoms with van der Waals surface area (Å²) >= 11 is 0. The molecular weight excluding hydrogens is 268 g/mol. The number of hydrogen-bond acceptors (Lipinski definition) is 5. The largest absolute Gasteiger partial charge is 0.380 e. The molecule has 1 aliphatic rings. The summed E-state index contributed by atoms with van der Waals surface area (Å²) in [5, 5.41) is 14.1. The Morgan fingerprint density at radius 1 is 1.43 bits per heavy atom. The van der Waals surface area contributed by atoms with Crippen LogP contribution in [0, 0.1) is 10.1 Å². The molecule has 0 amide bonds. The van der Waals surface area contributed by atoms with Crippen LogP contribution >= 0.6 is 0 Å². The van der Waals surface area contributed by atoms with Gasteiger partial charge in [-0.3, -0.25) is 15.0 Å². The first-order valence-electron chi connectivity index (χ1n) is 7.45. The molecule has 1 heterocycles. The first-order valence-corrected chi connectivity index (χ1v) is 7.45. The van der Waals surface area contributed by atoms with E-state index >= 15 is 0 Å². The van der Waals surface area contributed by atoms with E-state index in [1.54, 1.807) is 6.07 Å². The SMILES string of the molecule is CCNc1cc(CN2CCN(C)C(C)C2)ccc1[N+](=O)[O-]. The van der Waals surface area contributed by atoms with E-state index in [1.807, 2.05) is 19.1 Å². The van der Waals surface area contributed by atoms with Crippen molar-refractivity contribution in [2.24, 2.45) is 0 Å². The van der Waals surface area contributed by atoms with Crippen molar-refractivity contribution >= 4 is 11.4 Å². The minimum atomic E-state index is -0.334. The van der Waals surface area contributed by atoms with Crippen LogP contribution in [0.2, 0.25) is 0 Å². The molecule has 1 saturated heterocycles. The molecule has 1 atom stereocenters. The minimum absolute atomic E-state index is 0.146. The molecule has 2 rings (SSSR count). The van der Waals surface area contributed by atoms with Crippen molar-refractivity contribution in [1.82, 2.24) is 9.80 Å². The summed E-state index contributed by atoms with van der Waals surface area (Å²) in [5.74, 6) is 0. The lowest BCUT2D eigenvalue weighted by atomic mass is 10.1. The van der Waals surface area contributed by atoms with Crippen molar-refractivity contribution in [2.45, 2.75) is 26.4 Å². The second-order valence-electron chi connectivity index (χ2n) is 5.70. The summed E-state index contributed by atoms with van der Waals surface area (Å²) in [6, 6.07) is 5.92. The second kappa shape index (κ2) is 6.87. The summed E-state index contributed by atoms with van der Waals surface area (Å²) in [5.41, 5.74) is 1.88. The monoisotopic (exact) mass is 292 g/mol. The van der Waals surface area contributed by atoms with E-state index < -0.39 is 0 Å². The fraction of sp³-hybridized carbons (Fsp3) is 0.600. The smallest absolute Gasteiger partial charge is 0.292 e. The fourth-order valence-electron chi connectivity index (χ4n) is 2.70. The number of nitrogens with zero attached hydrogens (tertiary/aromatic N) is 3.